The van der Waals surface area contributed by atoms with Crippen LogP contribution < -0.4 is 10.6 Å². The molecule has 48 heavy (non-hydrogen) atoms. The Kier molecular flexibility index (Phi) is 15.1. The van der Waals surface area contributed by atoms with Crippen LogP contribution in [-0.2, 0) is 35.1 Å². The number of fused-ring (bicyclic) bond motifs is 1. The van der Waals surface area contributed by atoms with Crippen LogP contribution in [0.2, 0.25) is 5.28 Å². The molecule has 4 atom stereocenters. The predicted molar refractivity (Wildman–Crippen MR) is 191 cm³/mol. The van der Waals surface area contributed by atoms with Crippen LogP contribution in [0.15, 0.2) is 30.6 Å². The fourth-order valence-corrected chi connectivity index (χ4v) is 6.44. The maximum absolute atomic E-state index is 13.2. The molecule has 1 aliphatic rings. The Labute approximate surface area is 300 Å². The average molecular weight is 797 g/mol. The molecular formula is C34H46ClIN6O6. The number of imidazole rings is 1. The number of aromatic nitrogens is 4. The molecule has 0 bridgehead atoms. The number of hydrogen-bond acceptors (Lipinski definition) is 10. The van der Waals surface area contributed by atoms with Gasteiger partial charge in [0, 0.05) is 30.0 Å². The van der Waals surface area contributed by atoms with Crippen molar-refractivity contribution in [1.82, 2.24) is 24.8 Å². The quantitative estimate of drug-likeness (QED) is 0.0570. The van der Waals surface area contributed by atoms with Gasteiger partial charge >= 0.3 is 11.9 Å². The maximum atomic E-state index is 13.2. The molecule has 0 aliphatic carbocycles. The zero-order valence-electron chi connectivity index (χ0n) is 27.9. The monoisotopic (exact) mass is 796 g/mol. The van der Waals surface area contributed by atoms with Crippen molar-refractivity contribution < 1.29 is 28.6 Å². The molecular weight excluding hydrogens is 751 g/mol. The summed E-state index contributed by atoms with van der Waals surface area (Å²) in [6.45, 7) is 4.72. The zero-order chi connectivity index (χ0) is 34.5. The molecule has 262 valence electrons. The Balaban J connectivity index is 1.62. The summed E-state index contributed by atoms with van der Waals surface area (Å²) in [6.07, 6.45) is 6.64. The van der Waals surface area contributed by atoms with Crippen LogP contribution in [0.4, 0.5) is 5.82 Å². The van der Waals surface area contributed by atoms with E-state index in [4.69, 9.17) is 25.8 Å². The van der Waals surface area contributed by atoms with E-state index in [0.29, 0.717) is 36.4 Å². The van der Waals surface area contributed by atoms with E-state index >= 15 is 0 Å². The first-order valence-electron chi connectivity index (χ1n) is 16.9. The second kappa shape index (κ2) is 19.2. The van der Waals surface area contributed by atoms with Crippen LogP contribution in [0.5, 0.6) is 0 Å². The number of halogens is 2. The van der Waals surface area contributed by atoms with Gasteiger partial charge < -0.3 is 24.8 Å². The minimum atomic E-state index is -1.25. The highest BCUT2D eigenvalue weighted by Gasteiger charge is 2.53. The summed E-state index contributed by atoms with van der Waals surface area (Å²) in [6, 6.07) is 8.02. The largest absolute Gasteiger partial charge is 0.455 e. The summed E-state index contributed by atoms with van der Waals surface area (Å²) in [5.41, 5.74) is 1.73. The number of ether oxygens (including phenoxy) is 3. The average Bonchev–Trinajstić information content (AvgIpc) is 3.64. The van der Waals surface area contributed by atoms with Gasteiger partial charge in [-0.3, -0.25) is 19.0 Å². The normalized spacial score (nSPS) is 18.9. The lowest BCUT2D eigenvalue weighted by molar-refractivity contribution is -0.169. The molecule has 0 spiro atoms. The molecule has 1 fully saturated rings. The number of amides is 1. The fourth-order valence-electron chi connectivity index (χ4n) is 5.67. The summed E-state index contributed by atoms with van der Waals surface area (Å²) in [5, 5.41) is 5.83. The molecule has 0 saturated carbocycles. The van der Waals surface area contributed by atoms with Gasteiger partial charge in [0.2, 0.25) is 5.28 Å². The van der Waals surface area contributed by atoms with E-state index in [9.17, 15) is 14.4 Å². The molecule has 14 heteroatoms. The van der Waals surface area contributed by atoms with Crippen molar-refractivity contribution in [3.63, 3.8) is 0 Å². The molecule has 1 amide bonds. The highest BCUT2D eigenvalue weighted by atomic mass is 127. The number of hydrogen-bond donors (Lipinski definition) is 2. The molecule has 4 rings (SSSR count). The van der Waals surface area contributed by atoms with Crippen molar-refractivity contribution in [3.05, 3.63) is 45.0 Å². The van der Waals surface area contributed by atoms with Crippen molar-refractivity contribution in [1.29, 1.82) is 0 Å². The zero-order valence-corrected chi connectivity index (χ0v) is 30.8. The summed E-state index contributed by atoms with van der Waals surface area (Å²) in [4.78, 5) is 52.8. The minimum Gasteiger partial charge on any atom is -0.455 e. The van der Waals surface area contributed by atoms with Crippen LogP contribution in [0.1, 0.15) is 103 Å². The molecule has 3 aromatic rings. The summed E-state index contributed by atoms with van der Waals surface area (Å²) >= 11 is 8.65. The van der Waals surface area contributed by atoms with Gasteiger partial charge in [0.1, 0.15) is 0 Å². The Morgan fingerprint density at radius 1 is 0.938 bits per heavy atom. The van der Waals surface area contributed by atoms with Crippen molar-refractivity contribution >= 4 is 69.0 Å². The summed E-state index contributed by atoms with van der Waals surface area (Å²) in [7, 11) is 1.47. The van der Waals surface area contributed by atoms with Crippen molar-refractivity contribution in [2.45, 2.75) is 122 Å². The van der Waals surface area contributed by atoms with E-state index in [-0.39, 0.29) is 18.1 Å². The highest BCUT2D eigenvalue weighted by Crippen LogP contribution is 2.37. The molecule has 0 unspecified atom stereocenters. The van der Waals surface area contributed by atoms with E-state index in [0.717, 1.165) is 60.5 Å². The standard InChI is InChI=1S/C34H46ClIN6O6/c1-4-6-8-10-12-17-24(43)46-27-28(32(45)37-3)48-33(29(27)47-25(44)18-13-11-9-7-5-2)42-21-39-26-30(40-34(35)41-31(26)42)38-20-22-15-14-16-23(36)19-22/h14-16,19,21,27-29,33H,4-13,17-18,20H2,1-3H3,(H,37,45)(H,38,40,41)/t27-,28+,29-,33-/m1/s1. The lowest BCUT2D eigenvalue weighted by atomic mass is 10.1. The van der Waals surface area contributed by atoms with Gasteiger partial charge in [-0.2, -0.15) is 9.97 Å². The van der Waals surface area contributed by atoms with Crippen LogP contribution in [0, 0.1) is 3.57 Å². The van der Waals surface area contributed by atoms with Gasteiger partial charge in [-0.05, 0) is 64.7 Å². The molecule has 12 nitrogen and oxygen atoms in total. The van der Waals surface area contributed by atoms with Crippen LogP contribution in [0.25, 0.3) is 11.2 Å². The lowest BCUT2D eigenvalue weighted by Gasteiger charge is -2.24. The lowest BCUT2D eigenvalue weighted by Crippen LogP contribution is -2.45. The topological polar surface area (TPSA) is 147 Å². The molecule has 1 aliphatic heterocycles. The number of anilines is 1. The number of nitrogens with one attached hydrogen (secondary N) is 2. The minimum absolute atomic E-state index is 0.0399. The number of rotatable bonds is 19. The van der Waals surface area contributed by atoms with Gasteiger partial charge in [-0.1, -0.05) is 77.3 Å². The highest BCUT2D eigenvalue weighted by molar-refractivity contribution is 14.1. The van der Waals surface area contributed by atoms with Gasteiger partial charge in [-0.25, -0.2) is 4.98 Å². The van der Waals surface area contributed by atoms with Crippen molar-refractivity contribution in [2.24, 2.45) is 0 Å². The third-order valence-corrected chi connectivity index (χ3v) is 9.06. The maximum Gasteiger partial charge on any atom is 0.306 e. The molecule has 0 radical (unpaired) electrons. The molecule has 3 heterocycles. The van der Waals surface area contributed by atoms with Gasteiger partial charge in [0.15, 0.2) is 41.5 Å². The Hall–Kier alpha value is -3.04. The van der Waals surface area contributed by atoms with E-state index in [1.54, 1.807) is 4.57 Å². The van der Waals surface area contributed by atoms with Crippen LogP contribution in [0.3, 0.4) is 0 Å². The van der Waals surface area contributed by atoms with E-state index in [2.05, 4.69) is 62.0 Å². The number of carbonyl (C=O) groups excluding carboxylic acids is 3. The van der Waals surface area contributed by atoms with Crippen molar-refractivity contribution in [2.75, 3.05) is 12.4 Å². The van der Waals surface area contributed by atoms with Crippen LogP contribution in [-0.4, -0.2) is 62.7 Å². The Morgan fingerprint density at radius 3 is 2.21 bits per heavy atom. The summed E-state index contributed by atoms with van der Waals surface area (Å²) in [5.74, 6) is -1.08. The number of unbranched alkanes of at least 4 members (excludes halogenated alkanes) is 8. The number of benzene rings is 1. The number of nitrogens with zero attached hydrogens (tertiary/aromatic N) is 4. The van der Waals surface area contributed by atoms with Crippen molar-refractivity contribution in [3.8, 4) is 0 Å². The third kappa shape index (κ3) is 10.5. The molecule has 2 aromatic heterocycles. The van der Waals surface area contributed by atoms with Crippen LogP contribution >= 0.6 is 34.2 Å². The van der Waals surface area contributed by atoms with Gasteiger partial charge in [-0.15, -0.1) is 0 Å². The summed E-state index contributed by atoms with van der Waals surface area (Å²) < 4.78 is 20.8. The SMILES string of the molecule is CCCCCCCC(=O)O[C@@H]1[C@H](OC(=O)CCCCCCC)[C@@H](C(=O)NC)O[C@H]1n1cnc2c(NCc3cccc(I)c3)nc(Cl)nc21. The van der Waals surface area contributed by atoms with E-state index in [1.165, 1.54) is 13.4 Å². The third-order valence-electron chi connectivity index (χ3n) is 8.22. The van der Waals surface area contributed by atoms with Gasteiger partial charge in [0.25, 0.3) is 5.91 Å². The second-order valence-electron chi connectivity index (χ2n) is 11.9. The first kappa shape index (κ1) is 37.8. The molecule has 1 aromatic carbocycles. The molecule has 2 N–H and O–H groups in total. The van der Waals surface area contributed by atoms with E-state index < -0.39 is 42.4 Å². The number of carbonyl (C=O) groups is 3. The van der Waals surface area contributed by atoms with E-state index in [1.807, 2.05) is 24.3 Å². The second-order valence-corrected chi connectivity index (χ2v) is 13.5. The molecule has 1 saturated heterocycles. The smallest absolute Gasteiger partial charge is 0.306 e. The number of esters is 2. The Morgan fingerprint density at radius 2 is 1.58 bits per heavy atom. The first-order chi connectivity index (χ1) is 23.2. The first-order valence-corrected chi connectivity index (χ1v) is 18.4. The van der Waals surface area contributed by atoms with Gasteiger partial charge in [0.05, 0.1) is 6.33 Å². The Bertz CT molecular complexity index is 1520. The predicted octanol–water partition coefficient (Wildman–Crippen LogP) is 6.88. The number of likely N-dealkylation sites (N-methyl/N-ethyl adjacent to an activating group) is 1. The fraction of sp³-hybridized carbons (Fsp3) is 0.588.